The molecule has 1 aliphatic rings. The van der Waals surface area contributed by atoms with Crippen molar-refractivity contribution in [3.63, 3.8) is 0 Å². The fourth-order valence-electron chi connectivity index (χ4n) is 2.25. The molecule has 0 bridgehead atoms. The lowest BCUT2D eigenvalue weighted by Crippen LogP contribution is -2.24. The van der Waals surface area contributed by atoms with E-state index in [9.17, 15) is 0 Å². The highest BCUT2D eigenvalue weighted by atomic mass is 14.6. The van der Waals surface area contributed by atoms with E-state index in [0.29, 0.717) is 0 Å². The zero-order chi connectivity index (χ0) is 11.8. The summed E-state index contributed by atoms with van der Waals surface area (Å²) in [5.74, 6) is 0. The summed E-state index contributed by atoms with van der Waals surface area (Å²) in [6.45, 7) is 13.0. The molecule has 2 N–H and O–H groups in total. The Morgan fingerprint density at radius 1 is 1.33 bits per heavy atom. The molecule has 0 aromatic carbocycles. The first-order chi connectivity index (χ1) is 6.84. The standard InChI is InChI=1S/C14H23N/c1-7-9(2)13(15)14(6)8-10(3)11(4)12(14)5/h8H,7,15H2,1-6H3. The Morgan fingerprint density at radius 3 is 2.20 bits per heavy atom. The van der Waals surface area contributed by atoms with Crippen LogP contribution >= 0.6 is 0 Å². The summed E-state index contributed by atoms with van der Waals surface area (Å²) >= 11 is 0. The first kappa shape index (κ1) is 12.1. The van der Waals surface area contributed by atoms with Crippen LogP contribution in [0.15, 0.2) is 34.1 Å². The molecule has 1 unspecified atom stereocenters. The highest BCUT2D eigenvalue weighted by Gasteiger charge is 2.33. The van der Waals surface area contributed by atoms with Crippen LogP contribution in [-0.4, -0.2) is 0 Å². The minimum absolute atomic E-state index is 0.0474. The third-order valence-corrected chi connectivity index (χ3v) is 3.99. The smallest absolute Gasteiger partial charge is 0.0466 e. The lowest BCUT2D eigenvalue weighted by atomic mass is 9.79. The number of allylic oxidation sites excluding steroid dienone is 4. The van der Waals surface area contributed by atoms with E-state index in [2.05, 4.69) is 47.6 Å². The maximum Gasteiger partial charge on any atom is 0.0466 e. The Kier molecular flexibility index (Phi) is 3.13. The van der Waals surface area contributed by atoms with Crippen molar-refractivity contribution in [2.45, 2.75) is 48.0 Å². The predicted octanol–water partition coefficient (Wildman–Crippen LogP) is 3.93. The average Bonchev–Trinajstić information content (AvgIpc) is 2.41. The molecule has 1 heteroatoms. The van der Waals surface area contributed by atoms with Gasteiger partial charge in [0.25, 0.3) is 0 Å². The first-order valence-corrected chi connectivity index (χ1v) is 5.68. The molecule has 0 fully saturated rings. The monoisotopic (exact) mass is 205 g/mol. The molecule has 0 amide bonds. The van der Waals surface area contributed by atoms with Crippen LogP contribution in [0.1, 0.15) is 48.0 Å². The summed E-state index contributed by atoms with van der Waals surface area (Å²) in [5, 5.41) is 0. The van der Waals surface area contributed by atoms with E-state index in [0.717, 1.165) is 12.1 Å². The minimum Gasteiger partial charge on any atom is -0.401 e. The number of nitrogens with two attached hydrogens (primary N) is 1. The van der Waals surface area contributed by atoms with Crippen molar-refractivity contribution < 1.29 is 0 Å². The van der Waals surface area contributed by atoms with Crippen LogP contribution in [0, 0.1) is 5.41 Å². The molecule has 0 heterocycles. The van der Waals surface area contributed by atoms with Gasteiger partial charge >= 0.3 is 0 Å². The van der Waals surface area contributed by atoms with Crippen molar-refractivity contribution in [1.82, 2.24) is 0 Å². The first-order valence-electron chi connectivity index (χ1n) is 5.68. The summed E-state index contributed by atoms with van der Waals surface area (Å²) in [5.41, 5.74) is 12.7. The van der Waals surface area contributed by atoms with Crippen LogP contribution in [0.25, 0.3) is 0 Å². The van der Waals surface area contributed by atoms with Gasteiger partial charge in [-0.25, -0.2) is 0 Å². The second-order valence-corrected chi connectivity index (χ2v) is 4.83. The molecular formula is C14H23N. The summed E-state index contributed by atoms with van der Waals surface area (Å²) in [6, 6.07) is 0. The Morgan fingerprint density at radius 2 is 1.87 bits per heavy atom. The van der Waals surface area contributed by atoms with Gasteiger partial charge in [0.15, 0.2) is 0 Å². The van der Waals surface area contributed by atoms with Gasteiger partial charge in [0, 0.05) is 11.1 Å². The molecule has 0 saturated heterocycles. The molecule has 1 aliphatic carbocycles. The molecule has 0 aliphatic heterocycles. The van der Waals surface area contributed by atoms with E-state index < -0.39 is 0 Å². The largest absolute Gasteiger partial charge is 0.401 e. The van der Waals surface area contributed by atoms with Gasteiger partial charge in [-0.1, -0.05) is 29.7 Å². The van der Waals surface area contributed by atoms with Crippen molar-refractivity contribution in [1.29, 1.82) is 0 Å². The van der Waals surface area contributed by atoms with E-state index in [1.54, 1.807) is 0 Å². The summed E-state index contributed by atoms with van der Waals surface area (Å²) in [7, 11) is 0. The third kappa shape index (κ3) is 1.75. The Bertz CT molecular complexity index is 369. The van der Waals surface area contributed by atoms with Crippen LogP contribution < -0.4 is 5.73 Å². The van der Waals surface area contributed by atoms with Crippen LogP contribution in [-0.2, 0) is 0 Å². The second kappa shape index (κ2) is 3.88. The van der Waals surface area contributed by atoms with Crippen molar-refractivity contribution in [2.24, 2.45) is 11.1 Å². The Labute approximate surface area is 93.7 Å². The second-order valence-electron chi connectivity index (χ2n) is 4.83. The highest BCUT2D eigenvalue weighted by molar-refractivity contribution is 5.50. The molecule has 0 aromatic rings. The van der Waals surface area contributed by atoms with E-state index in [-0.39, 0.29) is 5.41 Å². The zero-order valence-corrected chi connectivity index (χ0v) is 10.9. The van der Waals surface area contributed by atoms with E-state index in [1.165, 1.54) is 22.3 Å². The molecule has 1 rings (SSSR count). The fourth-order valence-corrected chi connectivity index (χ4v) is 2.25. The maximum absolute atomic E-state index is 6.28. The maximum atomic E-state index is 6.28. The quantitative estimate of drug-likeness (QED) is 0.726. The van der Waals surface area contributed by atoms with Gasteiger partial charge in [-0.3, -0.25) is 0 Å². The number of hydrogen-bond acceptors (Lipinski definition) is 1. The van der Waals surface area contributed by atoms with Crippen LogP contribution in [0.2, 0.25) is 0 Å². The van der Waals surface area contributed by atoms with Gasteiger partial charge in [-0.05, 0) is 46.6 Å². The van der Waals surface area contributed by atoms with Crippen molar-refractivity contribution >= 4 is 0 Å². The molecule has 0 saturated carbocycles. The molecule has 1 nitrogen and oxygen atoms in total. The van der Waals surface area contributed by atoms with Crippen LogP contribution in [0.4, 0.5) is 0 Å². The molecule has 0 spiro atoms. The van der Waals surface area contributed by atoms with Crippen LogP contribution in [0.5, 0.6) is 0 Å². The Hall–Kier alpha value is -0.980. The zero-order valence-electron chi connectivity index (χ0n) is 10.9. The molecule has 0 radical (unpaired) electrons. The van der Waals surface area contributed by atoms with Gasteiger partial charge in [0.2, 0.25) is 0 Å². The van der Waals surface area contributed by atoms with Gasteiger partial charge in [-0.15, -0.1) is 0 Å². The molecule has 15 heavy (non-hydrogen) atoms. The molecule has 84 valence electrons. The predicted molar refractivity (Wildman–Crippen MR) is 67.4 cm³/mol. The average molecular weight is 205 g/mol. The number of hydrogen-bond donors (Lipinski definition) is 1. The van der Waals surface area contributed by atoms with E-state index in [1.807, 2.05) is 0 Å². The lowest BCUT2D eigenvalue weighted by molar-refractivity contribution is 0.602. The number of rotatable bonds is 2. The van der Waals surface area contributed by atoms with Crippen molar-refractivity contribution in [3.05, 3.63) is 34.1 Å². The SMILES string of the molecule is CCC(C)=C(N)C1(C)C=C(C)C(C)=C1C. The van der Waals surface area contributed by atoms with E-state index >= 15 is 0 Å². The normalized spacial score (nSPS) is 28.0. The molecule has 1 atom stereocenters. The van der Waals surface area contributed by atoms with Gasteiger partial charge < -0.3 is 5.73 Å². The van der Waals surface area contributed by atoms with Crippen molar-refractivity contribution in [2.75, 3.05) is 0 Å². The summed E-state index contributed by atoms with van der Waals surface area (Å²) in [6.07, 6.45) is 3.33. The Balaban J connectivity index is 3.29. The molecular weight excluding hydrogens is 182 g/mol. The van der Waals surface area contributed by atoms with E-state index in [4.69, 9.17) is 5.73 Å². The van der Waals surface area contributed by atoms with Gasteiger partial charge in [0.05, 0.1) is 0 Å². The van der Waals surface area contributed by atoms with Crippen molar-refractivity contribution in [3.8, 4) is 0 Å². The highest BCUT2D eigenvalue weighted by Crippen LogP contribution is 2.45. The minimum atomic E-state index is -0.0474. The van der Waals surface area contributed by atoms with Gasteiger partial charge in [-0.2, -0.15) is 0 Å². The fraction of sp³-hybridized carbons (Fsp3) is 0.571. The summed E-state index contributed by atoms with van der Waals surface area (Å²) < 4.78 is 0. The molecule has 0 aromatic heterocycles. The summed E-state index contributed by atoms with van der Waals surface area (Å²) in [4.78, 5) is 0. The van der Waals surface area contributed by atoms with Crippen LogP contribution in [0.3, 0.4) is 0 Å². The topological polar surface area (TPSA) is 26.0 Å². The third-order valence-electron chi connectivity index (χ3n) is 3.99. The lowest BCUT2D eigenvalue weighted by Gasteiger charge is -2.27. The van der Waals surface area contributed by atoms with Gasteiger partial charge in [0.1, 0.15) is 0 Å².